The number of carboxylic acid groups (broad SMARTS) is 1. The highest BCUT2D eigenvalue weighted by molar-refractivity contribution is 7.90. The predicted molar refractivity (Wildman–Crippen MR) is 379 cm³/mol. The SMILES string of the molecule is C/C(C[C@@H]1O[C@H](CO)[C@@H](O[C@@H]2O[C@H](CO)[C@H](O)[C@H](O)[C@H]2O)[C@H](O)[C@H]1O)=N\NS(=O)(=O)c1ccc(C)cc1.CC(=O)N[C@H]1[C@H]([C@H](O)[C@H](O)CO)O[C@@](O[C@H]2[C@@H](O)[C@@H](CO)O[C@@H](O[C@H]3[C@H](O)[C@@H](O)[C@H](C/C(C)=N/OCC(=O)CCCCCCNS(=O)(=O)c4cccc5c(N(C)C)cccc45)O[C@@H]3CO)[C@@H]2O)(C(=O)O)C[C@@H]1O. The number of fused-ring (bicyclic) bond motifs is 1. The van der Waals surface area contributed by atoms with Crippen LogP contribution in [0.2, 0.25) is 0 Å². The summed E-state index contributed by atoms with van der Waals surface area (Å²) in [5.41, 5.74) is 2.19. The number of nitrogens with one attached hydrogen (secondary N) is 3. The van der Waals surface area contributed by atoms with Crippen LogP contribution in [0.3, 0.4) is 0 Å². The second-order valence-electron chi connectivity index (χ2n) is 27.7. The minimum atomic E-state index is -3.94. The lowest BCUT2D eigenvalue weighted by Crippen LogP contribution is -2.70. The van der Waals surface area contributed by atoms with Gasteiger partial charge in [0.05, 0.1) is 72.9 Å². The third-order valence-electron chi connectivity index (χ3n) is 19.1. The van der Waals surface area contributed by atoms with Gasteiger partial charge in [-0.2, -0.15) is 13.5 Å². The molecule has 1 amide bonds. The minimum Gasteiger partial charge on any atom is -0.477 e. The summed E-state index contributed by atoms with van der Waals surface area (Å²) >= 11 is 0. The fourth-order valence-corrected chi connectivity index (χ4v) is 15.3. The number of hydrogen-bond donors (Lipinski definition) is 21. The molecule has 5 heterocycles. The number of aryl methyl sites for hydroxylation is 1. The zero-order valence-electron chi connectivity index (χ0n) is 61.1. The first-order valence-electron chi connectivity index (χ1n) is 35.4. The number of aliphatic hydroxyl groups is 17. The fourth-order valence-electron chi connectivity index (χ4n) is 13.1. The number of rotatable bonds is 35. The number of benzene rings is 3. The highest BCUT2D eigenvalue weighted by Gasteiger charge is 2.61. The average Bonchev–Trinajstić information content (AvgIpc) is 0.762. The normalized spacial score (nSPS) is 33.8. The number of hydrogen-bond acceptors (Lipinski definition) is 36. The maximum Gasteiger partial charge on any atom is 0.364 e. The van der Waals surface area contributed by atoms with Gasteiger partial charge < -0.3 is 145 Å². The molecule has 0 aliphatic carbocycles. The number of Topliss-reactive ketones (excluding diaryl/α,β-unsaturated/α-hetero) is 1. The van der Waals surface area contributed by atoms with E-state index in [-0.39, 0.29) is 59.4 Å². The summed E-state index contributed by atoms with van der Waals surface area (Å²) in [4.78, 5) is 46.8. The number of aliphatic hydroxyl groups excluding tert-OH is 17. The quantitative estimate of drug-likeness (QED) is 0.0148. The number of carbonyl (C=O) groups is 3. The van der Waals surface area contributed by atoms with Gasteiger partial charge in [-0.05, 0) is 57.9 Å². The number of ketones is 1. The first kappa shape index (κ1) is 91.3. The van der Waals surface area contributed by atoms with Crippen LogP contribution in [0.5, 0.6) is 0 Å². The number of unbranched alkanes of at least 4 members (excludes halogenated alkanes) is 3. The number of nitrogens with zero attached hydrogens (tertiary/aromatic N) is 3. The first-order valence-corrected chi connectivity index (χ1v) is 38.3. The van der Waals surface area contributed by atoms with Gasteiger partial charge >= 0.3 is 5.97 Å². The molecule has 26 atom stereocenters. The summed E-state index contributed by atoms with van der Waals surface area (Å²) in [5.74, 6) is -6.09. The Kier molecular flexibility index (Phi) is 34.0. The third kappa shape index (κ3) is 22.8. The standard InChI is InChI=1S/C46H70N4O22S.C22H34N2O12S/c1-23(49-67-22-25(55)11-7-5-6-8-16-47-73(65,66)34-15-10-12-26-27(34)13-9-14-28(26)50(3)4)17-31-37(59)39(61)41(33(21-53)68-31)70-44-40(62)43(38(60)32(20-52)69-44)72-46(45(63)64)18-29(56)35(48-24(2)54)42(71-46)36(58)30(57)19-51;1-10-3-5-12(6-4-10)37(32,33)24-23-11(2)7-13-16(27)19(30)21(15(9-26)34-13)36-22-20(31)18(29)17(28)14(8-25)35-22/h9-10,12-15,29-33,35-44,47,51-53,56-62H,5-8,11,16-22H2,1-4H3,(H,48,54)(H,63,64);3-6,13-22,24-31H,7-9H2,1-2H3/b49-23+;23-11+/t29-,30+,31-,32+,33+,35+,36+,37-,38-,39+,40+,41+,42+,43-,44-,46-;13-,14+,15+,16-,17-,18-,19+,20+,21+,22-/m00/s1. The van der Waals surface area contributed by atoms with Crippen molar-refractivity contribution in [2.24, 2.45) is 10.3 Å². The highest BCUT2D eigenvalue weighted by Crippen LogP contribution is 2.40. The molecule has 622 valence electrons. The van der Waals surface area contributed by atoms with Crippen molar-refractivity contribution in [2.75, 3.05) is 65.2 Å². The van der Waals surface area contributed by atoms with Gasteiger partial charge in [-0.15, -0.1) is 0 Å². The fraction of sp³-hybridized carbons (Fsp3) is 0.691. The summed E-state index contributed by atoms with van der Waals surface area (Å²) in [6, 6.07) is 15.2. The van der Waals surface area contributed by atoms with E-state index in [2.05, 4.69) is 25.1 Å². The van der Waals surface area contributed by atoms with Crippen LogP contribution in [0.1, 0.15) is 77.7 Å². The second kappa shape index (κ2) is 40.9. The molecule has 5 fully saturated rings. The van der Waals surface area contributed by atoms with E-state index in [1.54, 1.807) is 30.3 Å². The summed E-state index contributed by atoms with van der Waals surface area (Å²) in [6.07, 6.45) is -40.2. The van der Waals surface area contributed by atoms with E-state index in [4.69, 9.17) is 42.7 Å². The van der Waals surface area contributed by atoms with Gasteiger partial charge in [0.25, 0.3) is 15.8 Å². The molecule has 3 aromatic carbocycles. The Balaban J connectivity index is 0.000000379. The number of carboxylic acids is 1. The largest absolute Gasteiger partial charge is 0.477 e. The molecule has 5 saturated heterocycles. The van der Waals surface area contributed by atoms with Gasteiger partial charge in [0.15, 0.2) is 25.0 Å². The van der Waals surface area contributed by atoms with E-state index >= 15 is 0 Å². The molecular formula is C68H104N6O34S2. The highest BCUT2D eigenvalue weighted by atomic mass is 32.2. The third-order valence-corrected chi connectivity index (χ3v) is 21.9. The van der Waals surface area contributed by atoms with E-state index in [1.807, 2.05) is 44.1 Å². The molecular weight excluding hydrogens is 1510 g/mol. The van der Waals surface area contributed by atoms with Crippen LogP contribution in [0.4, 0.5) is 5.69 Å². The number of ether oxygens (including phenoxy) is 8. The maximum absolute atomic E-state index is 13.2. The summed E-state index contributed by atoms with van der Waals surface area (Å²) in [7, 11) is -3.95. The first-order chi connectivity index (χ1) is 51.9. The number of amides is 1. The maximum atomic E-state index is 13.2. The summed E-state index contributed by atoms with van der Waals surface area (Å²) < 4.78 is 98.8. The predicted octanol–water partition coefficient (Wildman–Crippen LogP) is -6.97. The Bertz CT molecular complexity index is 3750. The lowest BCUT2D eigenvalue weighted by molar-refractivity contribution is -0.381. The van der Waals surface area contributed by atoms with Crippen LogP contribution in [0.25, 0.3) is 10.8 Å². The van der Waals surface area contributed by atoms with E-state index in [1.165, 1.54) is 26.0 Å². The molecule has 5 aliphatic heterocycles. The van der Waals surface area contributed by atoms with E-state index in [0.29, 0.717) is 31.1 Å². The van der Waals surface area contributed by atoms with Crippen LogP contribution < -0.4 is 19.8 Å². The molecule has 0 aromatic heterocycles. The van der Waals surface area contributed by atoms with Crippen molar-refractivity contribution in [1.29, 1.82) is 0 Å². The van der Waals surface area contributed by atoms with E-state index in [9.17, 15) is 123 Å². The number of aliphatic carboxylic acids is 1. The molecule has 0 bridgehead atoms. The molecule has 42 heteroatoms. The zero-order valence-corrected chi connectivity index (χ0v) is 62.7. The van der Waals surface area contributed by atoms with Crippen LogP contribution in [-0.2, 0) is 77.2 Å². The Morgan fingerprint density at radius 2 is 1.15 bits per heavy atom. The summed E-state index contributed by atoms with van der Waals surface area (Å²) in [5, 5.41) is 199. The summed E-state index contributed by atoms with van der Waals surface area (Å²) in [6.45, 7) is 1.34. The number of oxime groups is 1. The average molecular weight is 1610 g/mol. The Labute approximate surface area is 633 Å². The van der Waals surface area contributed by atoms with Gasteiger partial charge in [-0.25, -0.2) is 22.8 Å². The number of anilines is 1. The lowest BCUT2D eigenvalue weighted by Gasteiger charge is -2.50. The second-order valence-corrected chi connectivity index (χ2v) is 31.1. The molecule has 3 aromatic rings. The van der Waals surface area contributed by atoms with Gasteiger partial charge in [-0.3, -0.25) is 9.59 Å². The van der Waals surface area contributed by atoms with Gasteiger partial charge in [-0.1, -0.05) is 60.0 Å². The van der Waals surface area contributed by atoms with Crippen molar-refractivity contribution in [3.05, 3.63) is 66.2 Å². The van der Waals surface area contributed by atoms with Crippen molar-refractivity contribution in [3.8, 4) is 0 Å². The zero-order chi connectivity index (χ0) is 81.4. The number of sulfonamides is 2. The topological polar surface area (TPSA) is 631 Å². The van der Waals surface area contributed by atoms with Crippen LogP contribution >= 0.6 is 0 Å². The number of hydrazone groups is 1. The van der Waals surface area contributed by atoms with E-state index < -0.39 is 230 Å². The van der Waals surface area contributed by atoms with Crippen LogP contribution in [0.15, 0.2) is 80.7 Å². The Morgan fingerprint density at radius 1 is 0.609 bits per heavy atom. The smallest absolute Gasteiger partial charge is 0.364 e. The molecule has 8 rings (SSSR count). The van der Waals surface area contributed by atoms with Crippen LogP contribution in [0, 0.1) is 6.92 Å². The van der Waals surface area contributed by atoms with Crippen molar-refractivity contribution in [3.63, 3.8) is 0 Å². The molecule has 40 nitrogen and oxygen atoms in total. The molecule has 110 heavy (non-hydrogen) atoms. The van der Waals surface area contributed by atoms with Gasteiger partial charge in [0, 0.05) is 75.4 Å². The van der Waals surface area contributed by atoms with Gasteiger partial charge in [0.2, 0.25) is 15.9 Å². The van der Waals surface area contributed by atoms with Crippen molar-refractivity contribution >= 4 is 65.6 Å². The lowest BCUT2D eigenvalue weighted by atomic mass is 9.88. The molecule has 0 radical (unpaired) electrons. The molecule has 0 unspecified atom stereocenters. The monoisotopic (exact) mass is 1610 g/mol. The Hall–Kier alpha value is -5.87. The molecule has 0 spiro atoms. The number of carbonyl (C=O) groups excluding carboxylic acids is 2. The molecule has 0 saturated carbocycles. The minimum absolute atomic E-state index is 0.00699. The van der Waals surface area contributed by atoms with Crippen molar-refractivity contribution < 1.29 is 166 Å². The van der Waals surface area contributed by atoms with Gasteiger partial charge in [0.1, 0.15) is 116 Å². The Morgan fingerprint density at radius 3 is 1.70 bits per heavy atom. The van der Waals surface area contributed by atoms with Crippen molar-refractivity contribution in [1.82, 2.24) is 14.9 Å². The molecule has 5 aliphatic rings. The molecule has 21 N–H and O–H groups in total. The van der Waals surface area contributed by atoms with E-state index in [0.717, 1.165) is 23.6 Å². The van der Waals surface area contributed by atoms with Crippen molar-refractivity contribution in [2.45, 2.75) is 248 Å². The van der Waals surface area contributed by atoms with Crippen LogP contribution in [-0.4, -0.2) is 357 Å².